The van der Waals surface area contributed by atoms with Crippen molar-refractivity contribution in [1.29, 1.82) is 5.26 Å². The molecule has 0 bridgehead atoms. The zero-order chi connectivity index (χ0) is 64.1. The third kappa shape index (κ3) is 24.1. The molecular weight excluding hydrogens is 1170 g/mol. The first-order valence-corrected chi connectivity index (χ1v) is 31.4. The number of hydrogen-bond donors (Lipinski definition) is 5. The molecule has 0 aliphatic carbocycles. The van der Waals surface area contributed by atoms with E-state index in [1.54, 1.807) is 34.9 Å². The SMILES string of the molecule is CC[C@H](NC(=O)[C@H](CSCCNC(=O)CCCc1ccc(C)cc1)NC(=O)CN1CCN(COC=O)CCN(COC=O)CCN(CC(=O)O)CC1)C(=O)N1CCN(CCCOc2ccc3nccc(C(=O)NCC(=O)N4CC(C)(F)C[C@@H]4C#N)c3c2)CC1. The van der Waals surface area contributed by atoms with E-state index in [1.807, 2.05) is 39.8 Å². The van der Waals surface area contributed by atoms with Gasteiger partial charge in [0.25, 0.3) is 18.9 Å². The van der Waals surface area contributed by atoms with E-state index in [9.17, 15) is 57.9 Å². The van der Waals surface area contributed by atoms with Crippen LogP contribution in [0.2, 0.25) is 0 Å². The lowest BCUT2D eigenvalue weighted by molar-refractivity contribution is -0.139. The van der Waals surface area contributed by atoms with Gasteiger partial charge in [-0.15, -0.1) is 0 Å². The Kier molecular flexibility index (Phi) is 29.2. The number of alkyl halides is 1. The van der Waals surface area contributed by atoms with Gasteiger partial charge in [0, 0.05) is 128 Å². The van der Waals surface area contributed by atoms with E-state index in [2.05, 4.69) is 43.3 Å². The number of nitrogens with zero attached hydrogens (tertiary/aromatic N) is 9. The highest BCUT2D eigenvalue weighted by Gasteiger charge is 2.43. The molecule has 4 heterocycles. The number of carboxylic acids is 1. The van der Waals surface area contributed by atoms with Crippen LogP contribution in [0.15, 0.2) is 54.7 Å². The Morgan fingerprint density at radius 2 is 1.45 bits per heavy atom. The molecule has 3 fully saturated rings. The van der Waals surface area contributed by atoms with E-state index < -0.39 is 59.9 Å². The van der Waals surface area contributed by atoms with Crippen LogP contribution >= 0.6 is 11.8 Å². The number of rotatable bonds is 32. The van der Waals surface area contributed by atoms with Gasteiger partial charge in [0.1, 0.15) is 43.0 Å². The quantitative estimate of drug-likeness (QED) is 0.0428. The number of carbonyl (C=O) groups is 9. The van der Waals surface area contributed by atoms with Crippen LogP contribution in [0, 0.1) is 18.3 Å². The van der Waals surface area contributed by atoms with Crippen LogP contribution < -0.4 is 26.0 Å². The van der Waals surface area contributed by atoms with Crippen molar-refractivity contribution in [2.75, 3.05) is 149 Å². The Balaban J connectivity index is 1.01. The number of pyridine rings is 1. The Bertz CT molecular complexity index is 2880. The van der Waals surface area contributed by atoms with Crippen molar-refractivity contribution in [3.63, 3.8) is 0 Å². The summed E-state index contributed by atoms with van der Waals surface area (Å²) in [5, 5.41) is 31.1. The number of likely N-dealkylation sites (tertiary alicyclic amines) is 1. The van der Waals surface area contributed by atoms with Crippen LogP contribution in [-0.2, 0) is 54.3 Å². The van der Waals surface area contributed by atoms with Crippen LogP contribution in [0.5, 0.6) is 5.75 Å². The molecule has 89 heavy (non-hydrogen) atoms. The van der Waals surface area contributed by atoms with Crippen molar-refractivity contribution >= 4 is 77.0 Å². The average molecular weight is 1260 g/mol. The maximum absolute atomic E-state index is 14.6. The Morgan fingerprint density at radius 3 is 2.08 bits per heavy atom. The summed E-state index contributed by atoms with van der Waals surface area (Å²) in [6, 6.07) is 14.0. The van der Waals surface area contributed by atoms with E-state index in [1.165, 1.54) is 30.9 Å². The van der Waals surface area contributed by atoms with Crippen LogP contribution in [0.4, 0.5) is 4.39 Å². The minimum Gasteiger partial charge on any atom is -0.494 e. The summed E-state index contributed by atoms with van der Waals surface area (Å²) in [5.74, 6) is -2.47. The van der Waals surface area contributed by atoms with Crippen molar-refractivity contribution in [2.45, 2.75) is 83.1 Å². The molecule has 3 aliphatic heterocycles. The molecule has 0 spiro atoms. The summed E-state index contributed by atoms with van der Waals surface area (Å²) >= 11 is 1.36. The summed E-state index contributed by atoms with van der Waals surface area (Å²) in [4.78, 5) is 132. The molecule has 4 atom stereocenters. The third-order valence-electron chi connectivity index (χ3n) is 15.7. The number of thioether (sulfide) groups is 1. The fourth-order valence-corrected chi connectivity index (χ4v) is 11.6. The molecular formula is C61H86FN13O13S. The maximum atomic E-state index is 14.6. The lowest BCUT2D eigenvalue weighted by Gasteiger charge is -2.36. The second-order valence-corrected chi connectivity index (χ2v) is 23.8. The highest BCUT2D eigenvalue weighted by atomic mass is 32.2. The minimum absolute atomic E-state index is 0.0181. The number of piperazine rings is 1. The highest BCUT2D eigenvalue weighted by molar-refractivity contribution is 7.99. The highest BCUT2D eigenvalue weighted by Crippen LogP contribution is 2.30. The molecule has 28 heteroatoms. The van der Waals surface area contributed by atoms with E-state index >= 15 is 0 Å². The molecule has 1 aromatic heterocycles. The standard InChI is InChI=1S/C61H86FN13O13S/c1-4-51(60(85)74-29-27-69(28-30-74)18-6-31-88-48-13-14-52-50(33-48)49(15-16-64-52)58(83)66-36-56(80)75-40-61(3,62)34-47(75)35-63)68-59(84)53(39-89-32-17-65-54(78)8-5-7-46-11-9-45(2)10-12-46)67-55(79)37-70-19-20-71(38-57(81)82)22-24-73(42-87-44-77)26-25-72(23-21-70)41-86-43-76/h9-16,33,43-44,47,51,53H,4-8,17-32,34,36-42H2,1-3H3,(H,65,78)(H,66,83)(H,67,79)(H,68,84)(H,81,82)/t47-,51+,53+,61?/m1/s1. The number of benzene rings is 2. The molecule has 3 saturated heterocycles. The summed E-state index contributed by atoms with van der Waals surface area (Å²) in [7, 11) is 0. The molecule has 2 aromatic carbocycles. The van der Waals surface area contributed by atoms with Gasteiger partial charge in [-0.3, -0.25) is 72.6 Å². The lowest BCUT2D eigenvalue weighted by Crippen LogP contribution is -2.58. The first-order chi connectivity index (χ1) is 42.9. The van der Waals surface area contributed by atoms with E-state index in [0.717, 1.165) is 22.4 Å². The monoisotopic (exact) mass is 1260 g/mol. The zero-order valence-electron chi connectivity index (χ0n) is 51.2. The molecule has 3 aromatic rings. The number of carbonyl (C=O) groups excluding carboxylic acids is 8. The predicted octanol–water partition coefficient (Wildman–Crippen LogP) is 0.858. The van der Waals surface area contributed by atoms with Gasteiger partial charge in [0.2, 0.25) is 29.5 Å². The van der Waals surface area contributed by atoms with E-state index in [0.29, 0.717) is 140 Å². The molecule has 6 amide bonds. The van der Waals surface area contributed by atoms with E-state index in [-0.39, 0.29) is 82.2 Å². The summed E-state index contributed by atoms with van der Waals surface area (Å²) in [6.45, 7) is 10.6. The minimum atomic E-state index is -1.69. The number of amides is 6. The molecule has 6 rings (SSSR count). The Hall–Kier alpha value is -7.55. The van der Waals surface area contributed by atoms with Crippen LogP contribution in [0.1, 0.15) is 67.4 Å². The topological polar surface area (TPSA) is 309 Å². The maximum Gasteiger partial charge on any atom is 0.317 e. The number of aryl methyl sites for hydroxylation is 2. The average Bonchev–Trinajstić information content (AvgIpc) is 3.60. The number of ether oxygens (including phenoxy) is 3. The third-order valence-corrected chi connectivity index (χ3v) is 16.8. The van der Waals surface area contributed by atoms with Crippen molar-refractivity contribution in [3.05, 3.63) is 71.4 Å². The molecule has 26 nitrogen and oxygen atoms in total. The first-order valence-electron chi connectivity index (χ1n) is 30.3. The smallest absolute Gasteiger partial charge is 0.317 e. The number of fused-ring (bicyclic) bond motifs is 1. The molecule has 486 valence electrons. The number of aromatic nitrogens is 1. The number of carboxylic acid groups (broad SMARTS) is 1. The van der Waals surface area contributed by atoms with Gasteiger partial charge in [0.05, 0.1) is 49.9 Å². The van der Waals surface area contributed by atoms with Crippen molar-refractivity contribution in [3.8, 4) is 11.8 Å². The van der Waals surface area contributed by atoms with Gasteiger partial charge in [-0.1, -0.05) is 36.8 Å². The van der Waals surface area contributed by atoms with Gasteiger partial charge < -0.3 is 50.4 Å². The van der Waals surface area contributed by atoms with Crippen LogP contribution in [0.3, 0.4) is 0 Å². The number of nitriles is 1. The van der Waals surface area contributed by atoms with E-state index in [4.69, 9.17) is 14.2 Å². The van der Waals surface area contributed by atoms with Gasteiger partial charge in [-0.25, -0.2) is 4.39 Å². The Labute approximate surface area is 523 Å². The second-order valence-electron chi connectivity index (χ2n) is 22.7. The number of halogens is 1. The second kappa shape index (κ2) is 36.8. The molecule has 0 saturated carbocycles. The molecule has 5 N–H and O–H groups in total. The summed E-state index contributed by atoms with van der Waals surface area (Å²) in [6.07, 6.45) is 4.10. The largest absolute Gasteiger partial charge is 0.494 e. The summed E-state index contributed by atoms with van der Waals surface area (Å²) in [5.41, 5.74) is 1.42. The molecule has 0 radical (unpaired) electrons. The Morgan fingerprint density at radius 1 is 0.809 bits per heavy atom. The normalized spacial score (nSPS) is 19.1. The molecule has 1 unspecified atom stereocenters. The van der Waals surface area contributed by atoms with Gasteiger partial charge in [-0.2, -0.15) is 17.0 Å². The first kappa shape index (κ1) is 70.5. The summed E-state index contributed by atoms with van der Waals surface area (Å²) < 4.78 is 30.8. The van der Waals surface area contributed by atoms with Gasteiger partial charge in [0.15, 0.2) is 0 Å². The van der Waals surface area contributed by atoms with Gasteiger partial charge in [-0.05, 0) is 69.4 Å². The fraction of sp³-hybridized carbons (Fsp3) is 0.590. The predicted molar refractivity (Wildman–Crippen MR) is 329 cm³/mol. The number of aliphatic carboxylic acids is 1. The van der Waals surface area contributed by atoms with Crippen molar-refractivity contribution in [1.82, 2.24) is 60.6 Å². The molecule has 3 aliphatic rings. The van der Waals surface area contributed by atoms with Crippen LogP contribution in [0.25, 0.3) is 10.9 Å². The number of hydrogen-bond acceptors (Lipinski definition) is 20. The lowest BCUT2D eigenvalue weighted by atomic mass is 10.1. The van der Waals surface area contributed by atoms with Crippen molar-refractivity contribution < 1.29 is 66.9 Å². The van der Waals surface area contributed by atoms with Gasteiger partial charge >= 0.3 is 5.97 Å². The zero-order valence-corrected chi connectivity index (χ0v) is 52.1. The van der Waals surface area contributed by atoms with Crippen molar-refractivity contribution in [2.24, 2.45) is 0 Å². The number of nitrogens with one attached hydrogen (secondary N) is 4. The van der Waals surface area contributed by atoms with Crippen LogP contribution in [-0.4, -0.2) is 272 Å². The fourth-order valence-electron chi connectivity index (χ4n) is 10.7.